The van der Waals surface area contributed by atoms with Crippen LogP contribution in [0.15, 0.2) is 18.2 Å². The molecule has 0 aromatic heterocycles. The monoisotopic (exact) mass is 281 g/mol. The average molecular weight is 281 g/mol. The van der Waals surface area contributed by atoms with Crippen LogP contribution in [0.3, 0.4) is 0 Å². The van der Waals surface area contributed by atoms with Crippen molar-refractivity contribution in [3.05, 3.63) is 39.7 Å². The largest absolute Gasteiger partial charge is 0.354 e. The molecule has 20 heavy (non-hydrogen) atoms. The Balaban J connectivity index is 2.24. The van der Waals surface area contributed by atoms with Gasteiger partial charge in [0.05, 0.1) is 23.1 Å². The minimum absolute atomic E-state index is 0.144. The number of nitrogens with one attached hydrogen (secondary N) is 1. The van der Waals surface area contributed by atoms with Gasteiger partial charge >= 0.3 is 0 Å². The maximum atomic E-state index is 13.8. The van der Waals surface area contributed by atoms with Gasteiger partial charge in [-0.25, -0.2) is 4.39 Å². The normalized spacial score (nSPS) is 15.4. The van der Waals surface area contributed by atoms with Crippen molar-refractivity contribution in [2.24, 2.45) is 0 Å². The van der Waals surface area contributed by atoms with E-state index in [9.17, 15) is 24.1 Å². The zero-order chi connectivity index (χ0) is 14.7. The van der Waals surface area contributed by atoms with Gasteiger partial charge in [0.15, 0.2) is 0 Å². The first-order valence-corrected chi connectivity index (χ1v) is 5.99. The standard InChI is InChI=1S/C12H12FN3O4/c13-10-6-8(16(19)20)2-3-9(10)12(18)15-5-1-4-14-11(17)7-15/h2-3,6H,1,4-5,7H2,(H,14,17). The number of nitro groups is 1. The number of hydrogen-bond acceptors (Lipinski definition) is 4. The van der Waals surface area contributed by atoms with Gasteiger partial charge in [0, 0.05) is 19.2 Å². The summed E-state index contributed by atoms with van der Waals surface area (Å²) in [6.45, 7) is 0.647. The van der Waals surface area contributed by atoms with Crippen LogP contribution in [0.4, 0.5) is 10.1 Å². The molecule has 8 heteroatoms. The van der Waals surface area contributed by atoms with E-state index in [4.69, 9.17) is 0 Å². The van der Waals surface area contributed by atoms with E-state index in [1.54, 1.807) is 0 Å². The molecular weight excluding hydrogens is 269 g/mol. The van der Waals surface area contributed by atoms with Gasteiger partial charge < -0.3 is 10.2 Å². The lowest BCUT2D eigenvalue weighted by atomic mass is 10.1. The first-order chi connectivity index (χ1) is 9.49. The molecule has 1 heterocycles. The highest BCUT2D eigenvalue weighted by molar-refractivity contribution is 5.97. The molecule has 1 aromatic carbocycles. The molecule has 0 spiro atoms. The Labute approximate surface area is 113 Å². The lowest BCUT2D eigenvalue weighted by Gasteiger charge is -2.19. The number of non-ortho nitro benzene ring substituents is 1. The van der Waals surface area contributed by atoms with Crippen LogP contribution < -0.4 is 5.32 Å². The Morgan fingerprint density at radius 1 is 1.45 bits per heavy atom. The minimum atomic E-state index is -0.964. The second-order valence-electron chi connectivity index (χ2n) is 4.35. The van der Waals surface area contributed by atoms with Crippen LogP contribution in [-0.4, -0.2) is 41.3 Å². The molecule has 1 aliphatic rings. The Bertz CT molecular complexity index is 576. The van der Waals surface area contributed by atoms with Crippen molar-refractivity contribution in [1.82, 2.24) is 10.2 Å². The molecule has 7 nitrogen and oxygen atoms in total. The zero-order valence-electron chi connectivity index (χ0n) is 10.5. The molecule has 1 aliphatic heterocycles. The van der Waals surface area contributed by atoms with Gasteiger partial charge in [0.1, 0.15) is 5.82 Å². The van der Waals surface area contributed by atoms with E-state index in [1.165, 1.54) is 4.90 Å². The summed E-state index contributed by atoms with van der Waals surface area (Å²) in [5, 5.41) is 13.1. The maximum absolute atomic E-state index is 13.8. The second kappa shape index (κ2) is 5.64. The topological polar surface area (TPSA) is 92.5 Å². The summed E-state index contributed by atoms with van der Waals surface area (Å²) < 4.78 is 13.8. The highest BCUT2D eigenvalue weighted by atomic mass is 19.1. The molecule has 1 saturated heterocycles. The number of benzene rings is 1. The first-order valence-electron chi connectivity index (χ1n) is 5.99. The third-order valence-corrected chi connectivity index (χ3v) is 2.94. The molecule has 0 saturated carbocycles. The number of amides is 2. The number of nitro benzene ring substituents is 1. The predicted octanol–water partition coefficient (Wildman–Crippen LogP) is 0.696. The molecule has 0 unspecified atom stereocenters. The van der Waals surface area contributed by atoms with Crippen molar-refractivity contribution >= 4 is 17.5 Å². The van der Waals surface area contributed by atoms with Crippen molar-refractivity contribution in [3.8, 4) is 0 Å². The fraction of sp³-hybridized carbons (Fsp3) is 0.333. The molecule has 2 amide bonds. The summed E-state index contributed by atoms with van der Waals surface area (Å²) in [5.74, 6) is -1.92. The van der Waals surface area contributed by atoms with Crippen LogP contribution in [0.25, 0.3) is 0 Å². The summed E-state index contributed by atoms with van der Waals surface area (Å²) in [6.07, 6.45) is 0.575. The fourth-order valence-electron chi connectivity index (χ4n) is 1.94. The predicted molar refractivity (Wildman–Crippen MR) is 66.6 cm³/mol. The SMILES string of the molecule is O=C1CN(C(=O)c2ccc([N+](=O)[O-])cc2F)CCCN1. The van der Waals surface area contributed by atoms with Crippen molar-refractivity contribution in [2.45, 2.75) is 6.42 Å². The first kappa shape index (κ1) is 13.9. The van der Waals surface area contributed by atoms with Crippen LogP contribution in [-0.2, 0) is 4.79 Å². The van der Waals surface area contributed by atoms with Crippen molar-refractivity contribution in [2.75, 3.05) is 19.6 Å². The van der Waals surface area contributed by atoms with E-state index in [-0.39, 0.29) is 18.0 Å². The molecule has 1 N–H and O–H groups in total. The molecule has 0 bridgehead atoms. The van der Waals surface area contributed by atoms with Crippen LogP contribution in [0.5, 0.6) is 0 Å². The molecule has 0 atom stereocenters. The third kappa shape index (κ3) is 2.90. The lowest BCUT2D eigenvalue weighted by Crippen LogP contribution is -2.37. The fourth-order valence-corrected chi connectivity index (χ4v) is 1.94. The van der Waals surface area contributed by atoms with Crippen LogP contribution >= 0.6 is 0 Å². The number of nitrogens with zero attached hydrogens (tertiary/aromatic N) is 2. The number of rotatable bonds is 2. The summed E-state index contributed by atoms with van der Waals surface area (Å²) in [6, 6.07) is 2.83. The van der Waals surface area contributed by atoms with E-state index < -0.39 is 22.3 Å². The Kier molecular flexibility index (Phi) is 3.92. The van der Waals surface area contributed by atoms with Gasteiger partial charge in [-0.3, -0.25) is 19.7 Å². The highest BCUT2D eigenvalue weighted by Crippen LogP contribution is 2.18. The summed E-state index contributed by atoms with van der Waals surface area (Å²) >= 11 is 0. The number of halogens is 1. The van der Waals surface area contributed by atoms with Gasteiger partial charge in [-0.05, 0) is 12.5 Å². The third-order valence-electron chi connectivity index (χ3n) is 2.94. The van der Waals surface area contributed by atoms with Gasteiger partial charge in [0.25, 0.3) is 11.6 Å². The lowest BCUT2D eigenvalue weighted by molar-refractivity contribution is -0.385. The average Bonchev–Trinajstić information content (AvgIpc) is 2.62. The smallest absolute Gasteiger partial charge is 0.272 e. The number of carbonyl (C=O) groups is 2. The van der Waals surface area contributed by atoms with Gasteiger partial charge in [0.2, 0.25) is 5.91 Å². The molecule has 106 valence electrons. The quantitative estimate of drug-likeness (QED) is 0.637. The van der Waals surface area contributed by atoms with Crippen LogP contribution in [0.2, 0.25) is 0 Å². The van der Waals surface area contributed by atoms with Crippen molar-refractivity contribution in [1.29, 1.82) is 0 Å². The van der Waals surface area contributed by atoms with Gasteiger partial charge in [-0.1, -0.05) is 0 Å². The molecule has 1 aromatic rings. The molecule has 1 fully saturated rings. The Morgan fingerprint density at radius 3 is 2.85 bits per heavy atom. The van der Waals surface area contributed by atoms with Crippen molar-refractivity contribution < 1.29 is 18.9 Å². The van der Waals surface area contributed by atoms with E-state index in [0.29, 0.717) is 25.6 Å². The molecule has 2 rings (SSSR count). The summed E-state index contributed by atoms with van der Waals surface area (Å²) in [7, 11) is 0. The second-order valence-corrected chi connectivity index (χ2v) is 4.35. The van der Waals surface area contributed by atoms with Gasteiger partial charge in [-0.2, -0.15) is 0 Å². The van der Waals surface area contributed by atoms with Crippen LogP contribution in [0, 0.1) is 15.9 Å². The molecular formula is C12H12FN3O4. The Hall–Kier alpha value is -2.51. The summed E-state index contributed by atoms with van der Waals surface area (Å²) in [5.41, 5.74) is -0.696. The zero-order valence-corrected chi connectivity index (χ0v) is 10.5. The molecule has 0 aliphatic carbocycles. The van der Waals surface area contributed by atoms with Crippen molar-refractivity contribution in [3.63, 3.8) is 0 Å². The molecule has 0 radical (unpaired) electrons. The van der Waals surface area contributed by atoms with E-state index in [0.717, 1.165) is 12.1 Å². The number of carbonyl (C=O) groups excluding carboxylic acids is 2. The van der Waals surface area contributed by atoms with E-state index in [2.05, 4.69) is 5.32 Å². The van der Waals surface area contributed by atoms with Crippen LogP contribution in [0.1, 0.15) is 16.8 Å². The van der Waals surface area contributed by atoms with E-state index in [1.807, 2.05) is 0 Å². The number of hydrogen-bond donors (Lipinski definition) is 1. The minimum Gasteiger partial charge on any atom is -0.354 e. The Morgan fingerprint density at radius 2 is 2.20 bits per heavy atom. The highest BCUT2D eigenvalue weighted by Gasteiger charge is 2.24. The summed E-state index contributed by atoms with van der Waals surface area (Å²) in [4.78, 5) is 34.5. The van der Waals surface area contributed by atoms with E-state index >= 15 is 0 Å². The van der Waals surface area contributed by atoms with Gasteiger partial charge in [-0.15, -0.1) is 0 Å². The maximum Gasteiger partial charge on any atom is 0.272 e.